The third-order valence-corrected chi connectivity index (χ3v) is 5.38. The summed E-state index contributed by atoms with van der Waals surface area (Å²) in [6, 6.07) is 13.4. The van der Waals surface area contributed by atoms with E-state index >= 15 is 0 Å². The molecule has 1 amide bonds. The Labute approximate surface area is 150 Å². The fourth-order valence-electron chi connectivity index (χ4n) is 3.37. The van der Waals surface area contributed by atoms with Crippen LogP contribution in [0.5, 0.6) is 0 Å². The summed E-state index contributed by atoms with van der Waals surface area (Å²) in [5.41, 5.74) is 2.97. The van der Waals surface area contributed by atoms with Crippen molar-refractivity contribution in [2.45, 2.75) is 19.0 Å². The normalized spacial score (nSPS) is 17.4. The molecular weight excluding hydrogens is 340 g/mol. The van der Waals surface area contributed by atoms with Gasteiger partial charge in [0, 0.05) is 35.6 Å². The summed E-state index contributed by atoms with van der Waals surface area (Å²) in [4.78, 5) is 15.2. The lowest BCUT2D eigenvalue weighted by Crippen LogP contribution is -2.35. The molecule has 1 aliphatic heterocycles. The Morgan fingerprint density at radius 2 is 2.08 bits per heavy atom. The van der Waals surface area contributed by atoms with Gasteiger partial charge in [-0.25, -0.2) is 0 Å². The van der Waals surface area contributed by atoms with E-state index in [0.717, 1.165) is 25.1 Å². The predicted octanol–water partition coefficient (Wildman–Crippen LogP) is 4.84. The summed E-state index contributed by atoms with van der Waals surface area (Å²) in [5.74, 6) is 0.0309. The van der Waals surface area contributed by atoms with E-state index in [-0.39, 0.29) is 11.9 Å². The zero-order chi connectivity index (χ0) is 16.5. The van der Waals surface area contributed by atoms with E-state index < -0.39 is 0 Å². The highest BCUT2D eigenvalue weighted by atomic mass is 35.5. The van der Waals surface area contributed by atoms with Crippen LogP contribution in [0.3, 0.4) is 0 Å². The SMILES string of the molecule is O=C(c1cccc(Cl)c1)N1CCCn2cccc2C1c1ccsc1. The summed E-state index contributed by atoms with van der Waals surface area (Å²) in [6.07, 6.45) is 3.04. The molecule has 0 saturated carbocycles. The van der Waals surface area contributed by atoms with Gasteiger partial charge in [0.15, 0.2) is 0 Å². The van der Waals surface area contributed by atoms with Crippen LogP contribution in [0.4, 0.5) is 0 Å². The number of nitrogens with zero attached hydrogens (tertiary/aromatic N) is 2. The van der Waals surface area contributed by atoms with Crippen molar-refractivity contribution in [1.82, 2.24) is 9.47 Å². The Hall–Kier alpha value is -2.04. The lowest BCUT2D eigenvalue weighted by atomic mass is 10.0. The van der Waals surface area contributed by atoms with Gasteiger partial charge in [-0.05, 0) is 59.1 Å². The Kier molecular flexibility index (Phi) is 4.17. The molecule has 122 valence electrons. The van der Waals surface area contributed by atoms with E-state index in [9.17, 15) is 4.79 Å². The summed E-state index contributed by atoms with van der Waals surface area (Å²) < 4.78 is 2.26. The largest absolute Gasteiger partial charge is 0.349 e. The van der Waals surface area contributed by atoms with Crippen LogP contribution in [-0.2, 0) is 6.54 Å². The molecule has 3 heterocycles. The van der Waals surface area contributed by atoms with Gasteiger partial charge < -0.3 is 9.47 Å². The first-order valence-electron chi connectivity index (χ1n) is 7.98. The number of carbonyl (C=O) groups is 1. The van der Waals surface area contributed by atoms with E-state index in [4.69, 9.17) is 11.6 Å². The van der Waals surface area contributed by atoms with Crippen molar-refractivity contribution in [3.8, 4) is 0 Å². The molecule has 4 rings (SSSR count). The van der Waals surface area contributed by atoms with Gasteiger partial charge in [-0.3, -0.25) is 4.79 Å². The van der Waals surface area contributed by atoms with Crippen LogP contribution in [0.25, 0.3) is 0 Å². The van der Waals surface area contributed by atoms with Gasteiger partial charge in [0.25, 0.3) is 5.91 Å². The number of hydrogen-bond acceptors (Lipinski definition) is 2. The van der Waals surface area contributed by atoms with Crippen LogP contribution in [0.1, 0.15) is 34.1 Å². The summed E-state index contributed by atoms with van der Waals surface area (Å²) >= 11 is 7.75. The molecule has 0 bridgehead atoms. The molecule has 24 heavy (non-hydrogen) atoms. The molecule has 2 aromatic heterocycles. The number of hydrogen-bond donors (Lipinski definition) is 0. The quantitative estimate of drug-likeness (QED) is 0.645. The zero-order valence-electron chi connectivity index (χ0n) is 13.1. The molecule has 0 fully saturated rings. The van der Waals surface area contributed by atoms with Crippen LogP contribution in [0.2, 0.25) is 5.02 Å². The summed E-state index contributed by atoms with van der Waals surface area (Å²) in [5, 5.41) is 4.78. The molecule has 0 spiro atoms. The average molecular weight is 357 g/mol. The van der Waals surface area contributed by atoms with Crippen molar-refractivity contribution in [2.75, 3.05) is 6.54 Å². The Bertz CT molecular complexity index is 856. The number of amides is 1. The highest BCUT2D eigenvalue weighted by Crippen LogP contribution is 2.34. The maximum atomic E-state index is 13.2. The van der Waals surface area contributed by atoms with Crippen LogP contribution in [-0.4, -0.2) is 21.9 Å². The Morgan fingerprint density at radius 1 is 1.17 bits per heavy atom. The smallest absolute Gasteiger partial charge is 0.254 e. The Morgan fingerprint density at radius 3 is 2.88 bits per heavy atom. The molecule has 0 radical (unpaired) electrons. The highest BCUT2D eigenvalue weighted by Gasteiger charge is 2.31. The summed E-state index contributed by atoms with van der Waals surface area (Å²) in [7, 11) is 0. The van der Waals surface area contributed by atoms with Crippen molar-refractivity contribution in [3.63, 3.8) is 0 Å². The molecule has 0 aliphatic carbocycles. The fourth-order valence-corrected chi connectivity index (χ4v) is 4.24. The third kappa shape index (κ3) is 2.76. The standard InChI is InChI=1S/C19H17ClN2OS/c20-16-5-1-4-14(12-16)19(23)22-10-3-9-21-8-2-6-17(21)18(22)15-7-11-24-13-15/h1-2,4-8,11-13,18H,3,9-10H2. The number of aromatic nitrogens is 1. The van der Waals surface area contributed by atoms with Crippen LogP contribution in [0, 0.1) is 0 Å². The highest BCUT2D eigenvalue weighted by molar-refractivity contribution is 7.08. The molecule has 1 aromatic carbocycles. The zero-order valence-corrected chi connectivity index (χ0v) is 14.6. The lowest BCUT2D eigenvalue weighted by molar-refractivity contribution is 0.0710. The Balaban J connectivity index is 1.79. The molecule has 1 atom stereocenters. The topological polar surface area (TPSA) is 25.2 Å². The minimum atomic E-state index is -0.0553. The molecule has 1 aliphatic rings. The fraction of sp³-hybridized carbons (Fsp3) is 0.211. The second-order valence-electron chi connectivity index (χ2n) is 5.95. The number of halogens is 1. The van der Waals surface area contributed by atoms with Crippen molar-refractivity contribution < 1.29 is 4.79 Å². The first kappa shape index (κ1) is 15.5. The van der Waals surface area contributed by atoms with Crippen molar-refractivity contribution in [1.29, 1.82) is 0 Å². The van der Waals surface area contributed by atoms with Crippen LogP contribution >= 0.6 is 22.9 Å². The van der Waals surface area contributed by atoms with E-state index in [0.29, 0.717) is 10.6 Å². The van der Waals surface area contributed by atoms with Crippen molar-refractivity contribution in [2.24, 2.45) is 0 Å². The second kappa shape index (κ2) is 6.46. The van der Waals surface area contributed by atoms with Gasteiger partial charge in [0.1, 0.15) is 0 Å². The number of thiophene rings is 1. The first-order valence-corrected chi connectivity index (χ1v) is 9.30. The minimum absolute atomic E-state index is 0.0309. The van der Waals surface area contributed by atoms with Crippen LogP contribution < -0.4 is 0 Å². The number of benzene rings is 1. The maximum Gasteiger partial charge on any atom is 0.254 e. The molecule has 1 unspecified atom stereocenters. The van der Waals surface area contributed by atoms with E-state index in [1.54, 1.807) is 23.5 Å². The monoisotopic (exact) mass is 356 g/mol. The van der Waals surface area contributed by atoms with Gasteiger partial charge >= 0.3 is 0 Å². The van der Waals surface area contributed by atoms with E-state index in [2.05, 4.69) is 39.7 Å². The molecule has 0 N–H and O–H groups in total. The number of carbonyl (C=O) groups excluding carboxylic acids is 1. The van der Waals surface area contributed by atoms with Gasteiger partial charge in [0.05, 0.1) is 6.04 Å². The lowest BCUT2D eigenvalue weighted by Gasteiger charge is -2.30. The third-order valence-electron chi connectivity index (χ3n) is 4.45. The van der Waals surface area contributed by atoms with Crippen LogP contribution in [0.15, 0.2) is 59.4 Å². The van der Waals surface area contributed by atoms with Crippen molar-refractivity contribution >= 4 is 28.8 Å². The van der Waals surface area contributed by atoms with Gasteiger partial charge in [-0.15, -0.1) is 0 Å². The molecule has 3 aromatic rings. The summed E-state index contributed by atoms with van der Waals surface area (Å²) in [6.45, 7) is 1.66. The number of fused-ring (bicyclic) bond motifs is 1. The first-order chi connectivity index (χ1) is 11.7. The maximum absolute atomic E-state index is 13.2. The molecule has 3 nitrogen and oxygen atoms in total. The van der Waals surface area contributed by atoms with E-state index in [1.807, 2.05) is 17.0 Å². The van der Waals surface area contributed by atoms with Gasteiger partial charge in [-0.2, -0.15) is 11.3 Å². The molecule has 0 saturated heterocycles. The predicted molar refractivity (Wildman–Crippen MR) is 97.7 cm³/mol. The van der Waals surface area contributed by atoms with Gasteiger partial charge in [-0.1, -0.05) is 17.7 Å². The number of aryl methyl sites for hydroxylation is 1. The number of rotatable bonds is 2. The van der Waals surface area contributed by atoms with Gasteiger partial charge in [0.2, 0.25) is 0 Å². The van der Waals surface area contributed by atoms with Crippen molar-refractivity contribution in [3.05, 3.63) is 81.3 Å². The minimum Gasteiger partial charge on any atom is -0.349 e. The second-order valence-corrected chi connectivity index (χ2v) is 7.16. The molecule has 5 heteroatoms. The van der Waals surface area contributed by atoms with E-state index in [1.165, 1.54) is 5.69 Å². The average Bonchev–Trinajstić information content (AvgIpc) is 3.24. The molecular formula is C19H17ClN2OS.